The molecule has 160 valence electrons. The molecular formula is C22H16BrClN6O2. The number of anilines is 3. The van der Waals surface area contributed by atoms with Crippen LogP contribution in [0.25, 0.3) is 0 Å². The maximum Gasteiger partial charge on any atom is 0.376 e. The Kier molecular flexibility index (Phi) is 5.36. The molecule has 5 rings (SSSR count). The Labute approximate surface area is 197 Å². The van der Waals surface area contributed by atoms with E-state index in [4.69, 9.17) is 16.3 Å². The number of benzene rings is 2. The molecule has 1 aliphatic rings. The van der Waals surface area contributed by atoms with Crippen molar-refractivity contribution in [3.63, 3.8) is 0 Å². The second-order valence-electron chi connectivity index (χ2n) is 6.99. The highest BCUT2D eigenvalue weighted by Gasteiger charge is 2.39. The first-order valence-electron chi connectivity index (χ1n) is 9.81. The van der Waals surface area contributed by atoms with Crippen molar-refractivity contribution in [1.82, 2.24) is 24.7 Å². The van der Waals surface area contributed by atoms with Crippen LogP contribution in [-0.4, -0.2) is 37.3 Å². The van der Waals surface area contributed by atoms with Crippen LogP contribution >= 0.6 is 27.5 Å². The third kappa shape index (κ3) is 3.43. The predicted molar refractivity (Wildman–Crippen MR) is 123 cm³/mol. The van der Waals surface area contributed by atoms with Gasteiger partial charge in [-0.2, -0.15) is 0 Å². The fourth-order valence-electron chi connectivity index (χ4n) is 3.78. The number of nitrogens with zero attached hydrogens (tertiary/aromatic N) is 6. The van der Waals surface area contributed by atoms with Gasteiger partial charge in [-0.15, -0.1) is 10.2 Å². The Morgan fingerprint density at radius 1 is 1.19 bits per heavy atom. The molecule has 0 amide bonds. The van der Waals surface area contributed by atoms with Crippen molar-refractivity contribution < 1.29 is 9.53 Å². The van der Waals surface area contributed by atoms with Crippen LogP contribution < -0.4 is 4.90 Å². The zero-order valence-electron chi connectivity index (χ0n) is 16.8. The molecule has 0 radical (unpaired) electrons. The molecular weight excluding hydrogens is 496 g/mol. The molecule has 3 heterocycles. The number of aromatic nitrogens is 5. The van der Waals surface area contributed by atoms with Gasteiger partial charge in [-0.05, 0) is 42.8 Å². The van der Waals surface area contributed by atoms with Crippen LogP contribution in [0.3, 0.4) is 0 Å². The Bertz CT molecular complexity index is 1310. The molecule has 1 aliphatic heterocycles. The number of esters is 1. The van der Waals surface area contributed by atoms with E-state index in [9.17, 15) is 4.79 Å². The molecule has 8 nitrogen and oxygen atoms in total. The Morgan fingerprint density at radius 3 is 2.75 bits per heavy atom. The second-order valence-corrected chi connectivity index (χ2v) is 8.34. The van der Waals surface area contributed by atoms with Gasteiger partial charge in [-0.1, -0.05) is 45.7 Å². The van der Waals surface area contributed by atoms with Crippen LogP contribution in [-0.2, 0) is 4.74 Å². The molecule has 0 saturated heterocycles. The fraction of sp³-hybridized carbons (Fsp3) is 0.136. The van der Waals surface area contributed by atoms with Gasteiger partial charge in [0.2, 0.25) is 11.8 Å². The van der Waals surface area contributed by atoms with E-state index in [0.717, 1.165) is 21.3 Å². The largest absolute Gasteiger partial charge is 0.460 e. The van der Waals surface area contributed by atoms with E-state index in [2.05, 4.69) is 36.1 Å². The number of halogens is 2. The van der Waals surface area contributed by atoms with Gasteiger partial charge in [0.1, 0.15) is 12.1 Å². The molecule has 32 heavy (non-hydrogen) atoms. The lowest BCUT2D eigenvalue weighted by Crippen LogP contribution is -2.30. The van der Waals surface area contributed by atoms with E-state index in [-0.39, 0.29) is 12.4 Å². The van der Waals surface area contributed by atoms with E-state index in [1.165, 1.54) is 6.33 Å². The average Bonchev–Trinajstić information content (AvgIpc) is 3.23. The molecule has 4 aromatic rings. The lowest BCUT2D eigenvalue weighted by atomic mass is 9.97. The van der Waals surface area contributed by atoms with Crippen molar-refractivity contribution in [3.8, 4) is 0 Å². The average molecular weight is 512 g/mol. The number of rotatable bonds is 4. The summed E-state index contributed by atoms with van der Waals surface area (Å²) in [6.45, 7) is 1.97. The summed E-state index contributed by atoms with van der Waals surface area (Å²) in [5.74, 6) is 0.593. The van der Waals surface area contributed by atoms with E-state index >= 15 is 0 Å². The van der Waals surface area contributed by atoms with Crippen LogP contribution in [0.1, 0.15) is 34.7 Å². The minimum atomic E-state index is -0.556. The summed E-state index contributed by atoms with van der Waals surface area (Å²) in [6.07, 6.45) is 3.22. The molecule has 2 aromatic heterocycles. The van der Waals surface area contributed by atoms with Crippen LogP contribution in [0.5, 0.6) is 0 Å². The van der Waals surface area contributed by atoms with E-state index in [1.807, 2.05) is 41.3 Å². The number of fused-ring (bicyclic) bond motifs is 2. The summed E-state index contributed by atoms with van der Waals surface area (Å²) in [5, 5.41) is 9.12. The smallest absolute Gasteiger partial charge is 0.376 e. The number of carbonyl (C=O) groups excluding carboxylic acids is 1. The van der Waals surface area contributed by atoms with Gasteiger partial charge in [0.15, 0.2) is 0 Å². The number of hydrogen-bond donors (Lipinski definition) is 0. The zero-order chi connectivity index (χ0) is 22.2. The van der Waals surface area contributed by atoms with Crippen LogP contribution in [0, 0.1) is 0 Å². The highest BCUT2D eigenvalue weighted by atomic mass is 79.9. The van der Waals surface area contributed by atoms with Gasteiger partial charge >= 0.3 is 5.97 Å². The van der Waals surface area contributed by atoms with Crippen molar-refractivity contribution in [2.24, 2.45) is 0 Å². The standard InChI is InChI=1S/C22H16BrClN6O2/c1-2-32-21(31)20-27-28-22-29(16-5-3-4-15(24)10-16)19-17(11-25-12-26-19)18(30(20)22)13-6-8-14(23)9-7-13/h3-12,18H,2H2,1H3. The van der Waals surface area contributed by atoms with Gasteiger partial charge in [0, 0.05) is 21.3 Å². The number of carbonyl (C=O) groups is 1. The number of ether oxygens (including phenoxy) is 1. The van der Waals surface area contributed by atoms with Crippen molar-refractivity contribution >= 4 is 51.0 Å². The summed E-state index contributed by atoms with van der Waals surface area (Å²) < 4.78 is 7.96. The van der Waals surface area contributed by atoms with Crippen molar-refractivity contribution in [3.05, 3.63) is 87.5 Å². The molecule has 0 spiro atoms. The van der Waals surface area contributed by atoms with Crippen molar-refractivity contribution in [2.75, 3.05) is 11.5 Å². The first-order valence-corrected chi connectivity index (χ1v) is 11.0. The summed E-state index contributed by atoms with van der Waals surface area (Å²) >= 11 is 9.75. The van der Waals surface area contributed by atoms with Gasteiger partial charge < -0.3 is 4.74 Å². The maximum atomic E-state index is 12.8. The minimum Gasteiger partial charge on any atom is -0.460 e. The molecule has 0 fully saturated rings. The van der Waals surface area contributed by atoms with E-state index in [1.54, 1.807) is 29.8 Å². The van der Waals surface area contributed by atoms with Crippen molar-refractivity contribution in [1.29, 1.82) is 0 Å². The molecule has 0 N–H and O–H groups in total. The summed E-state index contributed by atoms with van der Waals surface area (Å²) in [7, 11) is 0. The second kappa shape index (κ2) is 8.33. The van der Waals surface area contributed by atoms with Gasteiger partial charge in [-0.25, -0.2) is 14.8 Å². The highest BCUT2D eigenvalue weighted by Crippen LogP contribution is 2.46. The topological polar surface area (TPSA) is 86.0 Å². The lowest BCUT2D eigenvalue weighted by Gasteiger charge is -2.35. The molecule has 2 aromatic carbocycles. The van der Waals surface area contributed by atoms with E-state index < -0.39 is 12.0 Å². The highest BCUT2D eigenvalue weighted by molar-refractivity contribution is 9.10. The van der Waals surface area contributed by atoms with Gasteiger partial charge in [0.25, 0.3) is 0 Å². The first-order chi connectivity index (χ1) is 15.6. The monoisotopic (exact) mass is 510 g/mol. The molecule has 0 saturated carbocycles. The predicted octanol–water partition coefficient (Wildman–Crippen LogP) is 5.08. The molecule has 0 aliphatic carbocycles. The summed E-state index contributed by atoms with van der Waals surface area (Å²) in [5.41, 5.74) is 2.44. The fourth-order valence-corrected chi connectivity index (χ4v) is 4.23. The van der Waals surface area contributed by atoms with Gasteiger partial charge in [-0.3, -0.25) is 9.47 Å². The molecule has 10 heteroatoms. The quantitative estimate of drug-likeness (QED) is 0.311. The van der Waals surface area contributed by atoms with Crippen LogP contribution in [0.2, 0.25) is 5.02 Å². The third-order valence-corrected chi connectivity index (χ3v) is 5.83. The van der Waals surface area contributed by atoms with Gasteiger partial charge in [0.05, 0.1) is 18.3 Å². The zero-order valence-corrected chi connectivity index (χ0v) is 19.2. The Morgan fingerprint density at radius 2 is 2.00 bits per heavy atom. The molecule has 0 bridgehead atoms. The molecule has 1 unspecified atom stereocenters. The van der Waals surface area contributed by atoms with E-state index in [0.29, 0.717) is 16.8 Å². The third-order valence-electron chi connectivity index (χ3n) is 5.07. The number of hydrogen-bond acceptors (Lipinski definition) is 7. The maximum absolute atomic E-state index is 12.8. The first kappa shape index (κ1) is 20.6. The minimum absolute atomic E-state index is 0.0938. The van der Waals surface area contributed by atoms with Crippen LogP contribution in [0.4, 0.5) is 17.5 Å². The molecule has 1 atom stereocenters. The summed E-state index contributed by atoms with van der Waals surface area (Å²) in [6, 6.07) is 14.7. The SMILES string of the molecule is CCOC(=O)c1nnc2n1C(c1ccc(Br)cc1)c1cncnc1N2c1cccc(Cl)c1. The summed E-state index contributed by atoms with van der Waals surface area (Å²) in [4.78, 5) is 23.4. The van der Waals surface area contributed by atoms with Crippen LogP contribution in [0.15, 0.2) is 65.5 Å². The normalized spacial score (nSPS) is 14.6. The van der Waals surface area contributed by atoms with Crippen molar-refractivity contribution in [2.45, 2.75) is 13.0 Å². The lowest BCUT2D eigenvalue weighted by molar-refractivity contribution is 0.0505. The Balaban J connectivity index is 1.80. The Hall–Kier alpha value is -3.30.